The number of Topliss-reactive ketones (excluding diaryl/α,β-unsaturated/α-hetero) is 1. The molecule has 4 heteroatoms. The van der Waals surface area contributed by atoms with E-state index in [0.29, 0.717) is 26.1 Å². The van der Waals surface area contributed by atoms with Crippen molar-refractivity contribution in [3.05, 3.63) is 29.8 Å². The lowest BCUT2D eigenvalue weighted by atomic mass is 10.1. The van der Waals surface area contributed by atoms with E-state index >= 15 is 0 Å². The van der Waals surface area contributed by atoms with Crippen LogP contribution in [-0.2, 0) is 9.59 Å². The number of carbonyl (C=O) groups is 2. The van der Waals surface area contributed by atoms with E-state index in [1.807, 2.05) is 31.2 Å². The zero-order valence-electron chi connectivity index (χ0n) is 10.5. The van der Waals surface area contributed by atoms with Gasteiger partial charge in [-0.25, -0.2) is 0 Å². The van der Waals surface area contributed by atoms with E-state index in [0.717, 1.165) is 11.3 Å². The van der Waals surface area contributed by atoms with Crippen molar-refractivity contribution in [1.82, 2.24) is 4.90 Å². The number of piperidine rings is 1. The summed E-state index contributed by atoms with van der Waals surface area (Å²) in [4.78, 5) is 24.3. The molecule has 0 radical (unpaired) electrons. The van der Waals surface area contributed by atoms with Crippen LogP contribution in [0.25, 0.3) is 0 Å². The number of likely N-dealkylation sites (tertiary alicyclic amines) is 1. The van der Waals surface area contributed by atoms with Crippen LogP contribution in [0.5, 0.6) is 5.75 Å². The molecule has 1 aliphatic rings. The summed E-state index contributed by atoms with van der Waals surface area (Å²) < 4.78 is 5.59. The minimum absolute atomic E-state index is 0.0378. The minimum Gasteiger partial charge on any atom is -0.492 e. The predicted octanol–water partition coefficient (Wildman–Crippen LogP) is 1.57. The molecule has 0 aromatic heterocycles. The lowest BCUT2D eigenvalue weighted by molar-refractivity contribution is -0.139. The van der Waals surface area contributed by atoms with Crippen molar-refractivity contribution in [1.29, 1.82) is 0 Å². The van der Waals surface area contributed by atoms with Gasteiger partial charge in [-0.2, -0.15) is 0 Å². The van der Waals surface area contributed by atoms with E-state index in [4.69, 9.17) is 4.74 Å². The van der Waals surface area contributed by atoms with E-state index in [-0.39, 0.29) is 18.1 Å². The van der Waals surface area contributed by atoms with Crippen LogP contribution in [0.15, 0.2) is 24.3 Å². The van der Waals surface area contributed by atoms with Gasteiger partial charge in [0.2, 0.25) is 5.91 Å². The number of hydrogen-bond donors (Lipinski definition) is 0. The quantitative estimate of drug-likeness (QED) is 0.759. The molecule has 0 saturated carbocycles. The van der Waals surface area contributed by atoms with E-state index in [1.54, 1.807) is 4.90 Å². The van der Waals surface area contributed by atoms with E-state index in [9.17, 15) is 9.59 Å². The largest absolute Gasteiger partial charge is 0.492 e. The van der Waals surface area contributed by atoms with Crippen LogP contribution < -0.4 is 4.74 Å². The standard InChI is InChI=1S/C14H17NO3/c1-11-3-2-4-13(9-11)18-8-7-15-6-5-12(16)10-14(15)17/h2-4,9H,5-8,10H2,1H3. The summed E-state index contributed by atoms with van der Waals surface area (Å²) in [6.45, 7) is 3.53. The van der Waals surface area contributed by atoms with Crippen molar-refractivity contribution in [3.8, 4) is 5.75 Å². The third-order valence-electron chi connectivity index (χ3n) is 2.98. The molecule has 4 nitrogen and oxygen atoms in total. The van der Waals surface area contributed by atoms with Crippen LogP contribution >= 0.6 is 0 Å². The predicted molar refractivity (Wildman–Crippen MR) is 67.5 cm³/mol. The zero-order valence-corrected chi connectivity index (χ0v) is 10.5. The van der Waals surface area contributed by atoms with Crippen molar-refractivity contribution in [2.45, 2.75) is 19.8 Å². The van der Waals surface area contributed by atoms with Crippen molar-refractivity contribution in [2.75, 3.05) is 19.7 Å². The van der Waals surface area contributed by atoms with Crippen molar-refractivity contribution < 1.29 is 14.3 Å². The second-order valence-electron chi connectivity index (χ2n) is 4.51. The molecule has 2 rings (SSSR count). The number of ketones is 1. The Kier molecular flexibility index (Phi) is 3.97. The molecule has 96 valence electrons. The highest BCUT2D eigenvalue weighted by Crippen LogP contribution is 2.13. The molecule has 0 atom stereocenters. The second kappa shape index (κ2) is 5.67. The highest BCUT2D eigenvalue weighted by molar-refractivity contribution is 6.00. The fraction of sp³-hybridized carbons (Fsp3) is 0.429. The maximum Gasteiger partial charge on any atom is 0.230 e. The van der Waals surface area contributed by atoms with Gasteiger partial charge in [-0.15, -0.1) is 0 Å². The smallest absolute Gasteiger partial charge is 0.230 e. The van der Waals surface area contributed by atoms with Crippen LogP contribution in [0.3, 0.4) is 0 Å². The van der Waals surface area contributed by atoms with Crippen LogP contribution in [0, 0.1) is 6.92 Å². The molecular weight excluding hydrogens is 230 g/mol. The molecule has 0 spiro atoms. The van der Waals surface area contributed by atoms with Crippen LogP contribution in [0.2, 0.25) is 0 Å². The maximum atomic E-state index is 11.6. The third-order valence-corrected chi connectivity index (χ3v) is 2.98. The first-order valence-electron chi connectivity index (χ1n) is 6.14. The van der Waals surface area contributed by atoms with E-state index in [1.165, 1.54) is 0 Å². The summed E-state index contributed by atoms with van der Waals surface area (Å²) >= 11 is 0. The molecule has 0 aliphatic carbocycles. The first-order chi connectivity index (χ1) is 8.65. The summed E-state index contributed by atoms with van der Waals surface area (Å²) in [5.74, 6) is 0.769. The number of ether oxygens (including phenoxy) is 1. The number of aryl methyl sites for hydroxylation is 1. The highest BCUT2D eigenvalue weighted by Gasteiger charge is 2.23. The fourth-order valence-electron chi connectivity index (χ4n) is 1.97. The summed E-state index contributed by atoms with van der Waals surface area (Å²) in [6, 6.07) is 7.80. The number of amides is 1. The average Bonchev–Trinajstić information content (AvgIpc) is 2.32. The molecule has 0 N–H and O–H groups in total. The zero-order chi connectivity index (χ0) is 13.0. The van der Waals surface area contributed by atoms with Gasteiger partial charge in [0.1, 0.15) is 18.1 Å². The van der Waals surface area contributed by atoms with Gasteiger partial charge in [0.25, 0.3) is 0 Å². The fourth-order valence-corrected chi connectivity index (χ4v) is 1.97. The SMILES string of the molecule is Cc1cccc(OCCN2CCC(=O)CC2=O)c1. The molecule has 0 unspecified atom stereocenters. The average molecular weight is 247 g/mol. The van der Waals surface area contributed by atoms with Crippen LogP contribution in [0.4, 0.5) is 0 Å². The maximum absolute atomic E-state index is 11.6. The molecular formula is C14H17NO3. The molecule has 0 bridgehead atoms. The number of benzene rings is 1. The molecule has 1 saturated heterocycles. The number of rotatable bonds is 4. The third kappa shape index (κ3) is 3.32. The monoisotopic (exact) mass is 247 g/mol. The summed E-state index contributed by atoms with van der Waals surface area (Å²) in [6.07, 6.45) is 0.515. The molecule has 1 aromatic rings. The molecule has 1 amide bonds. The van der Waals surface area contributed by atoms with E-state index < -0.39 is 0 Å². The van der Waals surface area contributed by atoms with Gasteiger partial charge in [-0.05, 0) is 24.6 Å². The van der Waals surface area contributed by atoms with E-state index in [2.05, 4.69) is 0 Å². The lowest BCUT2D eigenvalue weighted by Crippen LogP contribution is -2.41. The summed E-state index contributed by atoms with van der Waals surface area (Å²) in [7, 11) is 0. The lowest BCUT2D eigenvalue weighted by Gasteiger charge is -2.25. The Hall–Kier alpha value is -1.84. The number of carbonyl (C=O) groups excluding carboxylic acids is 2. The Morgan fingerprint density at radius 2 is 2.17 bits per heavy atom. The topological polar surface area (TPSA) is 46.6 Å². The van der Waals surface area contributed by atoms with Gasteiger partial charge < -0.3 is 9.64 Å². The number of hydrogen-bond acceptors (Lipinski definition) is 3. The molecule has 1 aromatic carbocycles. The van der Waals surface area contributed by atoms with Crippen LogP contribution in [0.1, 0.15) is 18.4 Å². The summed E-state index contributed by atoms with van der Waals surface area (Å²) in [5, 5.41) is 0. The second-order valence-corrected chi connectivity index (χ2v) is 4.51. The van der Waals surface area contributed by atoms with Crippen molar-refractivity contribution >= 4 is 11.7 Å². The Morgan fingerprint density at radius 1 is 1.33 bits per heavy atom. The summed E-state index contributed by atoms with van der Waals surface area (Å²) in [5.41, 5.74) is 1.15. The van der Waals surface area contributed by atoms with Crippen molar-refractivity contribution in [2.24, 2.45) is 0 Å². The van der Waals surface area contributed by atoms with Gasteiger partial charge in [0.05, 0.1) is 13.0 Å². The van der Waals surface area contributed by atoms with Gasteiger partial charge in [-0.3, -0.25) is 9.59 Å². The molecule has 18 heavy (non-hydrogen) atoms. The molecule has 1 aliphatic heterocycles. The van der Waals surface area contributed by atoms with Crippen molar-refractivity contribution in [3.63, 3.8) is 0 Å². The van der Waals surface area contributed by atoms with Gasteiger partial charge in [0.15, 0.2) is 0 Å². The Labute approximate surface area is 107 Å². The molecule has 1 fully saturated rings. The first-order valence-corrected chi connectivity index (χ1v) is 6.14. The molecule has 1 heterocycles. The Balaban J connectivity index is 1.78. The Bertz CT molecular complexity index is 456. The van der Waals surface area contributed by atoms with Gasteiger partial charge in [0, 0.05) is 13.0 Å². The highest BCUT2D eigenvalue weighted by atomic mass is 16.5. The minimum atomic E-state index is -0.0842. The number of nitrogens with zero attached hydrogens (tertiary/aromatic N) is 1. The van der Waals surface area contributed by atoms with Gasteiger partial charge in [-0.1, -0.05) is 12.1 Å². The van der Waals surface area contributed by atoms with Gasteiger partial charge >= 0.3 is 0 Å². The Morgan fingerprint density at radius 3 is 2.89 bits per heavy atom. The normalized spacial score (nSPS) is 15.9. The van der Waals surface area contributed by atoms with Crippen LogP contribution in [-0.4, -0.2) is 36.3 Å². The first kappa shape index (κ1) is 12.6.